The molecule has 18 heavy (non-hydrogen) atoms. The summed E-state index contributed by atoms with van der Waals surface area (Å²) >= 11 is 0. The maximum atomic E-state index is 3.49. The molecule has 98 valence electrons. The molecule has 0 aromatic heterocycles. The van der Waals surface area contributed by atoms with Crippen LogP contribution < -0.4 is 10.2 Å². The molecule has 0 radical (unpaired) electrons. The molecule has 2 nitrogen and oxygen atoms in total. The summed E-state index contributed by atoms with van der Waals surface area (Å²) in [6.45, 7) is 4.77. The molecule has 0 atom stereocenters. The first-order chi connectivity index (χ1) is 8.95. The van der Waals surface area contributed by atoms with E-state index in [2.05, 4.69) is 28.4 Å². The van der Waals surface area contributed by atoms with Crippen LogP contribution in [0.25, 0.3) is 0 Å². The highest BCUT2D eigenvalue weighted by atomic mass is 15.1. The fraction of sp³-hybridized carbons (Fsp3) is 0.625. The van der Waals surface area contributed by atoms with Gasteiger partial charge in [-0.15, -0.1) is 0 Å². The molecule has 1 N–H and O–H groups in total. The fourth-order valence-electron chi connectivity index (χ4n) is 3.32. The van der Waals surface area contributed by atoms with Crippen LogP contribution in [0, 0.1) is 0 Å². The molecule has 1 aromatic rings. The molecule has 0 saturated carbocycles. The van der Waals surface area contributed by atoms with E-state index in [1.54, 1.807) is 11.1 Å². The quantitative estimate of drug-likeness (QED) is 0.817. The van der Waals surface area contributed by atoms with Crippen molar-refractivity contribution in [3.05, 3.63) is 29.3 Å². The van der Waals surface area contributed by atoms with E-state index in [4.69, 9.17) is 0 Å². The van der Waals surface area contributed by atoms with E-state index in [1.807, 2.05) is 0 Å². The molecule has 1 heterocycles. The van der Waals surface area contributed by atoms with Gasteiger partial charge in [-0.3, -0.25) is 0 Å². The summed E-state index contributed by atoms with van der Waals surface area (Å²) < 4.78 is 0. The number of anilines is 1. The van der Waals surface area contributed by atoms with E-state index in [1.165, 1.54) is 70.4 Å². The summed E-state index contributed by atoms with van der Waals surface area (Å²) in [5.74, 6) is 0. The van der Waals surface area contributed by atoms with E-state index < -0.39 is 0 Å². The number of benzene rings is 1. The van der Waals surface area contributed by atoms with Gasteiger partial charge in [0.25, 0.3) is 0 Å². The zero-order valence-corrected chi connectivity index (χ0v) is 11.3. The number of rotatable bonds is 1. The molecule has 0 bridgehead atoms. The second-order valence-electron chi connectivity index (χ2n) is 5.57. The topological polar surface area (TPSA) is 15.3 Å². The number of nitrogens with one attached hydrogen (secondary N) is 1. The number of hydrogen-bond acceptors (Lipinski definition) is 2. The van der Waals surface area contributed by atoms with Gasteiger partial charge in [-0.1, -0.05) is 12.1 Å². The Kier molecular flexibility index (Phi) is 3.84. The molecule has 1 aliphatic heterocycles. The maximum Gasteiger partial charge on any atom is 0.0401 e. The average Bonchev–Trinajstić information content (AvgIpc) is 2.38. The van der Waals surface area contributed by atoms with Crippen LogP contribution in [0.15, 0.2) is 18.2 Å². The van der Waals surface area contributed by atoms with Gasteiger partial charge in [0, 0.05) is 18.8 Å². The van der Waals surface area contributed by atoms with E-state index in [0.29, 0.717) is 0 Å². The largest absolute Gasteiger partial charge is 0.371 e. The normalized spacial score (nSPS) is 21.0. The summed E-state index contributed by atoms with van der Waals surface area (Å²) in [4.78, 5) is 2.63. The summed E-state index contributed by atoms with van der Waals surface area (Å²) in [5.41, 5.74) is 4.80. The molecule has 2 aliphatic rings. The Balaban J connectivity index is 1.85. The van der Waals surface area contributed by atoms with Crippen LogP contribution in [0.2, 0.25) is 0 Å². The Hall–Kier alpha value is -1.02. The third-order valence-corrected chi connectivity index (χ3v) is 4.28. The standard InChI is InChI=1S/C16H24N2/c1-2-8-15-14(6-1)7-3-9-16(15)18-12-4-10-17-11-5-13-18/h3,7,9,17H,1-2,4-6,8,10-13H2. The van der Waals surface area contributed by atoms with Crippen molar-refractivity contribution in [1.82, 2.24) is 5.32 Å². The molecule has 1 saturated heterocycles. The fourth-order valence-corrected chi connectivity index (χ4v) is 3.32. The Morgan fingerprint density at radius 2 is 1.67 bits per heavy atom. The van der Waals surface area contributed by atoms with Crippen LogP contribution in [0.3, 0.4) is 0 Å². The van der Waals surface area contributed by atoms with Crippen molar-refractivity contribution in [2.45, 2.75) is 38.5 Å². The van der Waals surface area contributed by atoms with Crippen LogP contribution in [0.1, 0.15) is 36.8 Å². The Labute approximate surface area is 110 Å². The SMILES string of the molecule is c1cc2c(c(N3CCCNCCC3)c1)CCCC2. The average molecular weight is 244 g/mol. The molecular formula is C16H24N2. The number of hydrogen-bond donors (Lipinski definition) is 1. The van der Waals surface area contributed by atoms with Gasteiger partial charge in [0.15, 0.2) is 0 Å². The molecule has 1 aromatic carbocycles. The lowest BCUT2D eigenvalue weighted by atomic mass is 9.90. The smallest absolute Gasteiger partial charge is 0.0401 e. The van der Waals surface area contributed by atoms with Crippen molar-refractivity contribution in [2.75, 3.05) is 31.1 Å². The molecule has 0 amide bonds. The summed E-state index contributed by atoms with van der Waals surface area (Å²) in [7, 11) is 0. The van der Waals surface area contributed by atoms with E-state index in [-0.39, 0.29) is 0 Å². The van der Waals surface area contributed by atoms with Crippen LogP contribution in [0.4, 0.5) is 5.69 Å². The summed E-state index contributed by atoms with van der Waals surface area (Å²) in [6.07, 6.45) is 7.87. The number of aryl methyl sites for hydroxylation is 1. The second-order valence-corrected chi connectivity index (χ2v) is 5.57. The minimum absolute atomic E-state index is 1.17. The van der Waals surface area contributed by atoms with E-state index >= 15 is 0 Å². The van der Waals surface area contributed by atoms with Gasteiger partial charge in [0.1, 0.15) is 0 Å². The molecule has 1 aliphatic carbocycles. The van der Waals surface area contributed by atoms with Gasteiger partial charge in [0.05, 0.1) is 0 Å². The Morgan fingerprint density at radius 1 is 0.889 bits per heavy atom. The van der Waals surface area contributed by atoms with Crippen LogP contribution >= 0.6 is 0 Å². The van der Waals surface area contributed by atoms with Gasteiger partial charge < -0.3 is 10.2 Å². The van der Waals surface area contributed by atoms with Crippen molar-refractivity contribution in [3.63, 3.8) is 0 Å². The first kappa shape index (κ1) is 12.0. The van der Waals surface area contributed by atoms with Crippen molar-refractivity contribution in [3.8, 4) is 0 Å². The van der Waals surface area contributed by atoms with Gasteiger partial charge in [0.2, 0.25) is 0 Å². The van der Waals surface area contributed by atoms with Gasteiger partial charge in [-0.25, -0.2) is 0 Å². The van der Waals surface area contributed by atoms with Crippen LogP contribution in [0.5, 0.6) is 0 Å². The lowest BCUT2D eigenvalue weighted by molar-refractivity contribution is 0.565. The predicted molar refractivity (Wildman–Crippen MR) is 77.4 cm³/mol. The van der Waals surface area contributed by atoms with Gasteiger partial charge >= 0.3 is 0 Å². The van der Waals surface area contributed by atoms with Crippen molar-refractivity contribution < 1.29 is 0 Å². The van der Waals surface area contributed by atoms with Crippen LogP contribution in [-0.4, -0.2) is 26.2 Å². The first-order valence-corrected chi connectivity index (χ1v) is 7.51. The minimum atomic E-state index is 1.17. The summed E-state index contributed by atoms with van der Waals surface area (Å²) in [5, 5.41) is 3.49. The third kappa shape index (κ3) is 2.54. The van der Waals surface area contributed by atoms with Gasteiger partial charge in [-0.2, -0.15) is 0 Å². The highest BCUT2D eigenvalue weighted by Crippen LogP contribution is 2.30. The van der Waals surface area contributed by atoms with Crippen LogP contribution in [-0.2, 0) is 12.8 Å². The molecular weight excluding hydrogens is 220 g/mol. The van der Waals surface area contributed by atoms with Crippen molar-refractivity contribution in [1.29, 1.82) is 0 Å². The lowest BCUT2D eigenvalue weighted by Gasteiger charge is -2.31. The monoisotopic (exact) mass is 244 g/mol. The minimum Gasteiger partial charge on any atom is -0.371 e. The molecule has 0 spiro atoms. The zero-order valence-electron chi connectivity index (χ0n) is 11.3. The van der Waals surface area contributed by atoms with E-state index in [0.717, 1.165) is 0 Å². The predicted octanol–water partition coefficient (Wildman–Crippen LogP) is 2.76. The first-order valence-electron chi connectivity index (χ1n) is 7.51. The third-order valence-electron chi connectivity index (χ3n) is 4.28. The van der Waals surface area contributed by atoms with Crippen molar-refractivity contribution in [2.24, 2.45) is 0 Å². The highest BCUT2D eigenvalue weighted by Gasteiger charge is 2.17. The maximum absolute atomic E-state index is 3.49. The number of nitrogens with zero attached hydrogens (tertiary/aromatic N) is 1. The highest BCUT2D eigenvalue weighted by molar-refractivity contribution is 5.57. The molecule has 2 heteroatoms. The lowest BCUT2D eigenvalue weighted by Crippen LogP contribution is -2.34. The van der Waals surface area contributed by atoms with Gasteiger partial charge in [-0.05, 0) is 68.8 Å². The Bertz CT molecular complexity index is 392. The van der Waals surface area contributed by atoms with Crippen molar-refractivity contribution >= 4 is 5.69 Å². The molecule has 1 fully saturated rings. The zero-order chi connectivity index (χ0) is 12.2. The van der Waals surface area contributed by atoms with E-state index in [9.17, 15) is 0 Å². The Morgan fingerprint density at radius 3 is 2.50 bits per heavy atom. The number of fused-ring (bicyclic) bond motifs is 1. The second kappa shape index (κ2) is 5.75. The summed E-state index contributed by atoms with van der Waals surface area (Å²) in [6, 6.07) is 6.94. The molecule has 3 rings (SSSR count). The molecule has 0 unspecified atom stereocenters.